The highest BCUT2D eigenvalue weighted by atomic mass is 16.2. The van der Waals surface area contributed by atoms with Crippen molar-refractivity contribution in [2.75, 3.05) is 26.2 Å². The number of hydrogen-bond acceptors (Lipinski definition) is 4. The van der Waals surface area contributed by atoms with Gasteiger partial charge in [-0.1, -0.05) is 19.1 Å². The van der Waals surface area contributed by atoms with Crippen LogP contribution in [0.25, 0.3) is 0 Å². The van der Waals surface area contributed by atoms with Gasteiger partial charge in [0.2, 0.25) is 5.91 Å². The minimum atomic E-state index is -0.0773. The van der Waals surface area contributed by atoms with Crippen molar-refractivity contribution in [3.05, 3.63) is 11.9 Å². The molecule has 0 bridgehead atoms. The highest BCUT2D eigenvalue weighted by Gasteiger charge is 2.26. The van der Waals surface area contributed by atoms with Crippen molar-refractivity contribution >= 4 is 11.8 Å². The molecule has 7 heteroatoms. The molecular weight excluding hydrogens is 306 g/mol. The minimum absolute atomic E-state index is 0.0356. The Balaban J connectivity index is 1.97. The van der Waals surface area contributed by atoms with Gasteiger partial charge >= 0.3 is 0 Å². The van der Waals surface area contributed by atoms with Crippen molar-refractivity contribution in [2.45, 2.75) is 47.1 Å². The van der Waals surface area contributed by atoms with E-state index in [9.17, 15) is 9.59 Å². The Morgan fingerprint density at radius 2 is 2.04 bits per heavy atom. The largest absolute Gasteiger partial charge is 0.342 e. The number of nitrogens with zero attached hydrogens (tertiary/aromatic N) is 5. The molecule has 0 N–H and O–H groups in total. The van der Waals surface area contributed by atoms with Crippen LogP contribution in [0.5, 0.6) is 0 Å². The summed E-state index contributed by atoms with van der Waals surface area (Å²) >= 11 is 0. The maximum atomic E-state index is 12.3. The summed E-state index contributed by atoms with van der Waals surface area (Å²) in [5, 5.41) is 8.13. The van der Waals surface area contributed by atoms with E-state index in [0.29, 0.717) is 31.2 Å². The van der Waals surface area contributed by atoms with Gasteiger partial charge in [0.25, 0.3) is 5.91 Å². The molecule has 1 atom stereocenters. The van der Waals surface area contributed by atoms with Gasteiger partial charge in [0.05, 0.1) is 6.20 Å². The van der Waals surface area contributed by atoms with Gasteiger partial charge in [0, 0.05) is 38.6 Å². The zero-order valence-electron chi connectivity index (χ0n) is 15.2. The van der Waals surface area contributed by atoms with Gasteiger partial charge in [-0.25, -0.2) is 0 Å². The summed E-state index contributed by atoms with van der Waals surface area (Å²) in [7, 11) is 0. The lowest BCUT2D eigenvalue weighted by Crippen LogP contribution is -2.43. The van der Waals surface area contributed by atoms with Crippen LogP contribution in [0.3, 0.4) is 0 Å². The fourth-order valence-electron chi connectivity index (χ4n) is 3.20. The second-order valence-corrected chi connectivity index (χ2v) is 6.75. The number of aromatic nitrogens is 3. The molecule has 7 nitrogen and oxygen atoms in total. The Morgan fingerprint density at radius 3 is 2.67 bits per heavy atom. The van der Waals surface area contributed by atoms with E-state index in [1.807, 2.05) is 32.6 Å². The topological polar surface area (TPSA) is 71.3 Å². The molecule has 2 amide bonds. The Bertz CT molecular complexity index is 565. The predicted octanol–water partition coefficient (Wildman–Crippen LogP) is 1.65. The van der Waals surface area contributed by atoms with E-state index < -0.39 is 0 Å². The molecule has 134 valence electrons. The van der Waals surface area contributed by atoms with Crippen molar-refractivity contribution in [3.63, 3.8) is 0 Å². The first-order chi connectivity index (χ1) is 11.5. The van der Waals surface area contributed by atoms with Gasteiger partial charge in [0.15, 0.2) is 5.69 Å². The molecule has 1 fully saturated rings. The Hall–Kier alpha value is -1.92. The lowest BCUT2D eigenvalue weighted by atomic mass is 9.97. The van der Waals surface area contributed by atoms with E-state index in [0.717, 1.165) is 25.9 Å². The highest BCUT2D eigenvalue weighted by molar-refractivity contribution is 5.91. The van der Waals surface area contributed by atoms with Crippen LogP contribution in [-0.2, 0) is 11.3 Å². The molecule has 2 heterocycles. The standard InChI is InChI=1S/C17H29N5O2/c1-5-20(6-2)17(24)15-12-22(19-18-15)11-14-8-7-9-21(10-14)16(23)13(3)4/h12-14H,5-11H2,1-4H3/t14-/m0/s1. The Kier molecular flexibility index (Phi) is 6.34. The van der Waals surface area contributed by atoms with Gasteiger partial charge in [-0.15, -0.1) is 5.10 Å². The average molecular weight is 335 g/mol. The molecule has 0 unspecified atom stereocenters. The van der Waals surface area contributed by atoms with Crippen LogP contribution in [0.15, 0.2) is 6.20 Å². The molecule has 1 aromatic heterocycles. The van der Waals surface area contributed by atoms with Gasteiger partial charge in [-0.3, -0.25) is 14.3 Å². The van der Waals surface area contributed by atoms with Crippen LogP contribution in [0.2, 0.25) is 0 Å². The molecule has 1 aliphatic heterocycles. The summed E-state index contributed by atoms with van der Waals surface area (Å²) in [4.78, 5) is 28.1. The number of likely N-dealkylation sites (tertiary alicyclic amines) is 1. The van der Waals surface area contributed by atoms with E-state index in [-0.39, 0.29) is 17.7 Å². The molecular formula is C17H29N5O2. The fourth-order valence-corrected chi connectivity index (χ4v) is 3.20. The third-order valence-corrected chi connectivity index (χ3v) is 4.58. The van der Waals surface area contributed by atoms with E-state index in [4.69, 9.17) is 0 Å². The van der Waals surface area contributed by atoms with Crippen LogP contribution in [0, 0.1) is 11.8 Å². The van der Waals surface area contributed by atoms with Crippen LogP contribution >= 0.6 is 0 Å². The van der Waals surface area contributed by atoms with Gasteiger partial charge in [0.1, 0.15) is 0 Å². The quantitative estimate of drug-likeness (QED) is 0.792. The smallest absolute Gasteiger partial charge is 0.276 e. The first-order valence-electron chi connectivity index (χ1n) is 8.94. The number of carbonyl (C=O) groups is 2. The maximum Gasteiger partial charge on any atom is 0.276 e. The summed E-state index contributed by atoms with van der Waals surface area (Å²) in [6.45, 7) is 11.4. The summed E-state index contributed by atoms with van der Waals surface area (Å²) in [5.74, 6) is 0.537. The number of rotatable bonds is 6. The first-order valence-corrected chi connectivity index (χ1v) is 8.94. The molecule has 0 aromatic carbocycles. The second-order valence-electron chi connectivity index (χ2n) is 6.75. The molecule has 1 aromatic rings. The van der Waals surface area contributed by atoms with Crippen molar-refractivity contribution in [2.24, 2.45) is 11.8 Å². The molecule has 0 spiro atoms. The van der Waals surface area contributed by atoms with E-state index in [2.05, 4.69) is 10.3 Å². The van der Waals surface area contributed by atoms with E-state index in [1.54, 1.807) is 15.8 Å². The summed E-state index contributed by atoms with van der Waals surface area (Å²) in [5.41, 5.74) is 0.393. The van der Waals surface area contributed by atoms with E-state index >= 15 is 0 Å². The number of amides is 2. The number of hydrogen-bond donors (Lipinski definition) is 0. The first kappa shape index (κ1) is 18.4. The highest BCUT2D eigenvalue weighted by Crippen LogP contribution is 2.20. The lowest BCUT2D eigenvalue weighted by molar-refractivity contribution is -0.136. The lowest BCUT2D eigenvalue weighted by Gasteiger charge is -2.33. The second kappa shape index (κ2) is 8.26. The molecule has 1 saturated heterocycles. The van der Waals surface area contributed by atoms with Crippen molar-refractivity contribution in [1.29, 1.82) is 0 Å². The van der Waals surface area contributed by atoms with Crippen LogP contribution in [-0.4, -0.2) is 62.8 Å². The van der Waals surface area contributed by atoms with Crippen LogP contribution in [0.4, 0.5) is 0 Å². The number of piperidine rings is 1. The van der Waals surface area contributed by atoms with Crippen molar-refractivity contribution < 1.29 is 9.59 Å². The third-order valence-electron chi connectivity index (χ3n) is 4.58. The zero-order valence-corrected chi connectivity index (χ0v) is 15.2. The molecule has 0 saturated carbocycles. The summed E-state index contributed by atoms with van der Waals surface area (Å²) in [6.07, 6.45) is 3.81. The SMILES string of the molecule is CCN(CC)C(=O)c1cn(C[C@H]2CCCN(C(=O)C(C)C)C2)nn1. The average Bonchev–Trinajstić information content (AvgIpc) is 3.03. The zero-order chi connectivity index (χ0) is 17.7. The van der Waals surface area contributed by atoms with Crippen molar-refractivity contribution in [1.82, 2.24) is 24.8 Å². The number of carbonyl (C=O) groups excluding carboxylic acids is 2. The van der Waals surface area contributed by atoms with Gasteiger partial charge < -0.3 is 9.80 Å². The monoisotopic (exact) mass is 335 g/mol. The fraction of sp³-hybridized carbons (Fsp3) is 0.765. The summed E-state index contributed by atoms with van der Waals surface area (Å²) in [6, 6.07) is 0. The molecule has 1 aliphatic rings. The van der Waals surface area contributed by atoms with Crippen LogP contribution < -0.4 is 0 Å². The van der Waals surface area contributed by atoms with Crippen molar-refractivity contribution in [3.8, 4) is 0 Å². The predicted molar refractivity (Wildman–Crippen MR) is 91.4 cm³/mol. The third kappa shape index (κ3) is 4.33. The molecule has 2 rings (SSSR count). The Morgan fingerprint density at radius 1 is 1.33 bits per heavy atom. The maximum absolute atomic E-state index is 12.3. The molecule has 0 radical (unpaired) electrons. The minimum Gasteiger partial charge on any atom is -0.342 e. The van der Waals surface area contributed by atoms with Gasteiger partial charge in [-0.05, 0) is 32.6 Å². The molecule has 24 heavy (non-hydrogen) atoms. The Labute approximate surface area is 144 Å². The van der Waals surface area contributed by atoms with E-state index in [1.165, 1.54) is 0 Å². The summed E-state index contributed by atoms with van der Waals surface area (Å²) < 4.78 is 1.74. The normalized spacial score (nSPS) is 18.0. The molecule has 0 aliphatic carbocycles. The van der Waals surface area contributed by atoms with Gasteiger partial charge in [-0.2, -0.15) is 0 Å². The van der Waals surface area contributed by atoms with Crippen LogP contribution in [0.1, 0.15) is 51.0 Å².